The van der Waals surface area contributed by atoms with Crippen LogP contribution in [-0.2, 0) is 13.1 Å². The number of allylic oxidation sites excluding steroid dienone is 1. The van der Waals surface area contributed by atoms with Gasteiger partial charge in [0.2, 0.25) is 0 Å². The van der Waals surface area contributed by atoms with E-state index in [4.69, 9.17) is 9.47 Å². The Morgan fingerprint density at radius 3 is 2.70 bits per heavy atom. The van der Waals surface area contributed by atoms with Gasteiger partial charge in [-0.1, -0.05) is 31.2 Å². The van der Waals surface area contributed by atoms with Crippen molar-refractivity contribution in [2.45, 2.75) is 39.3 Å². The fourth-order valence-electron chi connectivity index (χ4n) is 5.64. The van der Waals surface area contributed by atoms with Crippen molar-refractivity contribution in [2.24, 2.45) is 0 Å². The third-order valence-electron chi connectivity index (χ3n) is 7.61. The first kappa shape index (κ1) is 25.1. The predicted molar refractivity (Wildman–Crippen MR) is 146 cm³/mol. The van der Waals surface area contributed by atoms with Crippen molar-refractivity contribution in [3.05, 3.63) is 77.1 Å². The highest BCUT2D eigenvalue weighted by atomic mass is 16.5. The molecule has 0 spiro atoms. The molecule has 3 aromatic rings. The van der Waals surface area contributed by atoms with Crippen LogP contribution in [0.15, 0.2) is 60.4 Å². The number of likely N-dealkylation sites (N-methyl/N-ethyl adjacent to an activating group) is 1. The van der Waals surface area contributed by atoms with Gasteiger partial charge >= 0.3 is 6.03 Å². The molecule has 1 unspecified atom stereocenters. The maximum atomic E-state index is 13.9. The zero-order valence-corrected chi connectivity index (χ0v) is 22.2. The summed E-state index contributed by atoms with van der Waals surface area (Å²) in [6, 6.07) is 14.5. The van der Waals surface area contributed by atoms with Crippen LogP contribution in [0, 0.1) is 0 Å². The summed E-state index contributed by atoms with van der Waals surface area (Å²) in [5, 5.41) is 1.19. The molecule has 2 aliphatic rings. The number of rotatable bonds is 5. The van der Waals surface area contributed by atoms with Crippen molar-refractivity contribution < 1.29 is 14.3 Å². The van der Waals surface area contributed by atoms with Gasteiger partial charge in [-0.25, -0.2) is 4.79 Å². The van der Waals surface area contributed by atoms with E-state index in [0.29, 0.717) is 19.6 Å². The molecular weight excluding hydrogens is 464 g/mol. The van der Waals surface area contributed by atoms with Gasteiger partial charge in [-0.05, 0) is 36.2 Å². The average Bonchev–Trinajstić information content (AvgIpc) is 3.03. The monoisotopic (exact) mass is 500 g/mol. The van der Waals surface area contributed by atoms with Crippen LogP contribution in [0.25, 0.3) is 10.9 Å². The SMILES string of the molecule is CCN1CCN(Cc2cccc3ncccc23)CCC2=CC(C)c3c(cc(OC)cc3OC)CN2C1=O. The molecule has 7 heteroatoms. The molecule has 0 N–H and O–H groups in total. The molecule has 5 rings (SSSR count). The molecule has 2 aliphatic heterocycles. The molecule has 1 fully saturated rings. The zero-order chi connectivity index (χ0) is 25.9. The summed E-state index contributed by atoms with van der Waals surface area (Å²) >= 11 is 0. The molecule has 1 atom stereocenters. The molecule has 37 heavy (non-hydrogen) atoms. The van der Waals surface area contributed by atoms with Crippen molar-refractivity contribution in [3.63, 3.8) is 0 Å². The number of hydrogen-bond acceptors (Lipinski definition) is 5. The Hall–Kier alpha value is -3.58. The van der Waals surface area contributed by atoms with Gasteiger partial charge in [0.05, 0.1) is 26.3 Å². The number of benzene rings is 2. The molecule has 0 aliphatic carbocycles. The van der Waals surface area contributed by atoms with Crippen molar-refractivity contribution >= 4 is 16.9 Å². The summed E-state index contributed by atoms with van der Waals surface area (Å²) in [6.45, 7) is 8.61. The number of carbonyl (C=O) groups is 1. The van der Waals surface area contributed by atoms with Crippen LogP contribution in [0.1, 0.15) is 42.9 Å². The second-order valence-corrected chi connectivity index (χ2v) is 9.81. The minimum Gasteiger partial charge on any atom is -0.497 e. The third kappa shape index (κ3) is 5.01. The molecule has 2 aromatic carbocycles. The number of fused-ring (bicyclic) bond motifs is 3. The first-order chi connectivity index (χ1) is 18.0. The van der Waals surface area contributed by atoms with Crippen LogP contribution in [0.4, 0.5) is 4.79 Å². The molecule has 0 radical (unpaired) electrons. The number of nitrogens with zero attached hydrogens (tertiary/aromatic N) is 4. The average molecular weight is 501 g/mol. The normalized spacial score (nSPS) is 18.8. The van der Waals surface area contributed by atoms with Crippen LogP contribution in [0.3, 0.4) is 0 Å². The lowest BCUT2D eigenvalue weighted by Gasteiger charge is -2.30. The molecule has 0 bridgehead atoms. The number of hydrogen-bond donors (Lipinski definition) is 0. The third-order valence-corrected chi connectivity index (χ3v) is 7.61. The van der Waals surface area contributed by atoms with E-state index in [9.17, 15) is 4.79 Å². The number of ether oxygens (including phenoxy) is 2. The van der Waals surface area contributed by atoms with Crippen molar-refractivity contribution in [1.82, 2.24) is 19.7 Å². The largest absolute Gasteiger partial charge is 0.497 e. The van der Waals surface area contributed by atoms with E-state index < -0.39 is 0 Å². The lowest BCUT2D eigenvalue weighted by atomic mass is 9.94. The van der Waals surface area contributed by atoms with Crippen LogP contribution < -0.4 is 9.47 Å². The van der Waals surface area contributed by atoms with Crippen LogP contribution in [0.2, 0.25) is 0 Å². The fraction of sp³-hybridized carbons (Fsp3) is 0.400. The van der Waals surface area contributed by atoms with Crippen molar-refractivity contribution in [2.75, 3.05) is 40.4 Å². The molecule has 0 saturated carbocycles. The summed E-state index contributed by atoms with van der Waals surface area (Å²) < 4.78 is 11.3. The van der Waals surface area contributed by atoms with Gasteiger partial charge in [-0.3, -0.25) is 14.8 Å². The minimum absolute atomic E-state index is 0.0618. The Balaban J connectivity index is 1.48. The maximum absolute atomic E-state index is 13.9. The Kier molecular flexibility index (Phi) is 7.33. The lowest BCUT2D eigenvalue weighted by molar-refractivity contribution is 0.162. The molecule has 7 nitrogen and oxygen atoms in total. The Labute approximate surface area is 219 Å². The number of pyridine rings is 1. The zero-order valence-electron chi connectivity index (χ0n) is 22.2. The topological polar surface area (TPSA) is 58.1 Å². The van der Waals surface area contributed by atoms with Gasteiger partial charge in [-0.15, -0.1) is 0 Å². The fourth-order valence-corrected chi connectivity index (χ4v) is 5.64. The van der Waals surface area contributed by atoms with Crippen molar-refractivity contribution in [3.8, 4) is 11.5 Å². The minimum atomic E-state index is 0.0618. The summed E-state index contributed by atoms with van der Waals surface area (Å²) in [6.07, 6.45) is 4.88. The predicted octanol–water partition coefficient (Wildman–Crippen LogP) is 5.40. The molecule has 194 valence electrons. The van der Waals surface area contributed by atoms with E-state index in [-0.39, 0.29) is 11.9 Å². The quantitative estimate of drug-likeness (QED) is 0.469. The van der Waals surface area contributed by atoms with Gasteiger partial charge in [0, 0.05) is 74.0 Å². The van der Waals surface area contributed by atoms with Gasteiger partial charge in [-0.2, -0.15) is 0 Å². The molecule has 1 saturated heterocycles. The van der Waals surface area contributed by atoms with Crippen LogP contribution in [0.5, 0.6) is 11.5 Å². The summed E-state index contributed by atoms with van der Waals surface area (Å²) in [7, 11) is 3.36. The van der Waals surface area contributed by atoms with Gasteiger partial charge < -0.3 is 14.4 Å². The number of carbonyl (C=O) groups excluding carboxylic acids is 1. The summed E-state index contributed by atoms with van der Waals surface area (Å²) in [4.78, 5) is 24.8. The standard InChI is InChI=1S/C30H36N4O3/c1-5-33-15-14-32(19-22-8-6-10-27-26(22)9-7-12-31-27)13-11-24-16-21(2)29-23(20-34(24)30(33)35)17-25(36-3)18-28(29)37-4/h6-10,12,16-18,21H,5,11,13-15,19-20H2,1-4H3. The maximum Gasteiger partial charge on any atom is 0.324 e. The Morgan fingerprint density at radius 2 is 1.92 bits per heavy atom. The van der Waals surface area contributed by atoms with Crippen LogP contribution >= 0.6 is 0 Å². The Bertz CT molecular complexity index is 1320. The molecular formula is C30H36N4O3. The van der Waals surface area contributed by atoms with Crippen molar-refractivity contribution in [1.29, 1.82) is 0 Å². The van der Waals surface area contributed by atoms with Gasteiger partial charge in [0.25, 0.3) is 0 Å². The van der Waals surface area contributed by atoms with E-state index in [1.807, 2.05) is 34.2 Å². The molecule has 1 aromatic heterocycles. The lowest BCUT2D eigenvalue weighted by Crippen LogP contribution is -2.43. The Morgan fingerprint density at radius 1 is 1.05 bits per heavy atom. The first-order valence-corrected chi connectivity index (χ1v) is 13.1. The highest BCUT2D eigenvalue weighted by Gasteiger charge is 2.31. The highest BCUT2D eigenvalue weighted by Crippen LogP contribution is 2.39. The number of aromatic nitrogens is 1. The van der Waals surface area contributed by atoms with Gasteiger partial charge in [0.1, 0.15) is 11.5 Å². The smallest absolute Gasteiger partial charge is 0.324 e. The number of urea groups is 1. The van der Waals surface area contributed by atoms with E-state index in [2.05, 4.69) is 54.1 Å². The summed E-state index contributed by atoms with van der Waals surface area (Å²) in [5.74, 6) is 1.65. The van der Waals surface area contributed by atoms with E-state index >= 15 is 0 Å². The molecule has 2 amide bonds. The summed E-state index contributed by atoms with van der Waals surface area (Å²) in [5.41, 5.74) is 5.54. The molecule has 3 heterocycles. The number of amides is 2. The van der Waals surface area contributed by atoms with E-state index in [1.54, 1.807) is 14.2 Å². The number of methoxy groups -OCH3 is 2. The second kappa shape index (κ2) is 10.8. The first-order valence-electron chi connectivity index (χ1n) is 13.1. The van der Waals surface area contributed by atoms with Crippen LogP contribution in [-0.4, -0.2) is 66.1 Å². The van der Waals surface area contributed by atoms with E-state index in [0.717, 1.165) is 59.9 Å². The highest BCUT2D eigenvalue weighted by molar-refractivity contribution is 5.82. The van der Waals surface area contributed by atoms with Gasteiger partial charge in [0.15, 0.2) is 0 Å². The second-order valence-electron chi connectivity index (χ2n) is 9.81. The van der Waals surface area contributed by atoms with E-state index in [1.165, 1.54) is 10.9 Å².